The maximum atomic E-state index is 13.3. The van der Waals surface area contributed by atoms with E-state index in [1.807, 2.05) is 12.1 Å². The molecule has 5 heteroatoms. The zero-order valence-electron chi connectivity index (χ0n) is 15.4. The average Bonchev–Trinajstić information content (AvgIpc) is 3.02. The Hall–Kier alpha value is -2.01. The number of sulfone groups is 1. The minimum atomic E-state index is -3.22. The van der Waals surface area contributed by atoms with Crippen LogP contribution < -0.4 is 0 Å². The fourth-order valence-corrected chi connectivity index (χ4v) is 4.39. The fraction of sp³-hybridized carbons (Fsp3) is 0.381. The minimum absolute atomic E-state index is 0.177. The van der Waals surface area contributed by atoms with E-state index in [1.54, 1.807) is 18.2 Å². The maximum Gasteiger partial charge on any atom is 0.175 e. The van der Waals surface area contributed by atoms with E-state index in [-0.39, 0.29) is 11.2 Å². The number of halogens is 1. The van der Waals surface area contributed by atoms with Gasteiger partial charge < -0.3 is 0 Å². The molecule has 0 fully saturated rings. The van der Waals surface area contributed by atoms with Crippen molar-refractivity contribution >= 4 is 21.0 Å². The minimum Gasteiger partial charge on any atom is -0.254 e. The molecule has 0 radical (unpaired) electrons. The topological polar surface area (TPSA) is 47.0 Å². The van der Waals surface area contributed by atoms with Crippen molar-refractivity contribution < 1.29 is 12.8 Å². The number of rotatable bonds is 5. The second-order valence-corrected chi connectivity index (χ2v) is 9.19. The predicted molar refractivity (Wildman–Crippen MR) is 103 cm³/mol. The molecule has 0 N–H and O–H groups in total. The van der Waals surface area contributed by atoms with Gasteiger partial charge in [-0.05, 0) is 72.1 Å². The lowest BCUT2D eigenvalue weighted by Crippen LogP contribution is -2.14. The Morgan fingerprint density at radius 2 is 1.62 bits per heavy atom. The Bertz CT molecular complexity index is 925. The van der Waals surface area contributed by atoms with Gasteiger partial charge in [0, 0.05) is 6.26 Å². The van der Waals surface area contributed by atoms with Crippen molar-refractivity contribution in [2.45, 2.75) is 44.4 Å². The van der Waals surface area contributed by atoms with Gasteiger partial charge in [0.05, 0.1) is 16.8 Å². The van der Waals surface area contributed by atoms with Crippen molar-refractivity contribution in [3.8, 4) is 0 Å². The molecule has 3 nitrogen and oxygen atoms in total. The summed E-state index contributed by atoms with van der Waals surface area (Å²) in [5, 5.41) is 0. The number of nitrogens with zero attached hydrogens (tertiary/aromatic N) is 1. The summed E-state index contributed by atoms with van der Waals surface area (Å²) >= 11 is 0. The van der Waals surface area contributed by atoms with E-state index in [0.717, 1.165) is 42.5 Å². The van der Waals surface area contributed by atoms with Crippen molar-refractivity contribution in [3.05, 3.63) is 59.7 Å². The third kappa shape index (κ3) is 3.58. The molecule has 0 amide bonds. The molecule has 2 aromatic rings. The van der Waals surface area contributed by atoms with E-state index in [4.69, 9.17) is 0 Å². The van der Waals surface area contributed by atoms with Crippen molar-refractivity contribution in [1.82, 2.24) is 4.98 Å². The van der Waals surface area contributed by atoms with Gasteiger partial charge >= 0.3 is 0 Å². The van der Waals surface area contributed by atoms with Gasteiger partial charge in [-0.25, -0.2) is 12.8 Å². The molecule has 138 valence electrons. The zero-order chi connectivity index (χ0) is 18.9. The van der Waals surface area contributed by atoms with Crippen LogP contribution in [0.25, 0.3) is 11.1 Å². The number of allylic oxidation sites excluding steroid dienone is 2. The molecule has 1 aromatic heterocycles. The molecule has 3 rings (SSSR count). The fourth-order valence-electron chi connectivity index (χ4n) is 3.75. The lowest BCUT2D eigenvalue weighted by Gasteiger charge is -2.26. The van der Waals surface area contributed by atoms with Crippen LogP contribution >= 0.6 is 0 Å². The molecular formula is C21H24FNO2S. The monoisotopic (exact) mass is 373 g/mol. The molecule has 0 spiro atoms. The average molecular weight is 373 g/mol. The molecule has 26 heavy (non-hydrogen) atoms. The Balaban J connectivity index is 2.09. The second-order valence-electron chi connectivity index (χ2n) is 7.18. The summed E-state index contributed by atoms with van der Waals surface area (Å²) in [5.74, 6) is -0.344. The van der Waals surface area contributed by atoms with Crippen LogP contribution in [0, 0.1) is 11.2 Å². The maximum absolute atomic E-state index is 13.3. The zero-order valence-corrected chi connectivity index (χ0v) is 16.2. The Labute approximate surface area is 154 Å². The number of hydrogen-bond donors (Lipinski definition) is 0. The van der Waals surface area contributed by atoms with E-state index in [1.165, 1.54) is 24.1 Å². The highest BCUT2D eigenvalue weighted by atomic mass is 32.2. The molecule has 1 aromatic carbocycles. The smallest absolute Gasteiger partial charge is 0.175 e. The predicted octanol–water partition coefficient (Wildman–Crippen LogP) is 5.14. The van der Waals surface area contributed by atoms with Crippen LogP contribution in [-0.4, -0.2) is 19.7 Å². The first-order valence-corrected chi connectivity index (χ1v) is 10.8. The molecule has 0 aliphatic heterocycles. The number of aromatic nitrogens is 1. The lowest BCUT2D eigenvalue weighted by molar-refractivity contribution is 0.291. The van der Waals surface area contributed by atoms with E-state index >= 15 is 0 Å². The van der Waals surface area contributed by atoms with Gasteiger partial charge in [0.15, 0.2) is 9.84 Å². The Morgan fingerprint density at radius 1 is 1.00 bits per heavy atom. The van der Waals surface area contributed by atoms with Gasteiger partial charge in [-0.1, -0.05) is 26.0 Å². The van der Waals surface area contributed by atoms with Crippen LogP contribution in [0.5, 0.6) is 0 Å². The quantitative estimate of drug-likeness (QED) is 0.729. The summed E-state index contributed by atoms with van der Waals surface area (Å²) < 4.78 is 36.7. The van der Waals surface area contributed by atoms with Crippen molar-refractivity contribution in [1.29, 1.82) is 0 Å². The number of benzene rings is 1. The normalized spacial score (nSPS) is 16.9. The SMILES string of the molecule is CCC1(CC)CC(c2ccc(S(C)(=O)=O)cc2)=C(c2ccc(F)cn2)C1. The highest BCUT2D eigenvalue weighted by molar-refractivity contribution is 7.90. The molecule has 0 saturated heterocycles. The molecule has 1 aliphatic carbocycles. The summed E-state index contributed by atoms with van der Waals surface area (Å²) in [5.41, 5.74) is 4.32. The third-order valence-corrected chi connectivity index (χ3v) is 6.76. The summed E-state index contributed by atoms with van der Waals surface area (Å²) in [4.78, 5) is 4.62. The molecule has 0 unspecified atom stereocenters. The largest absolute Gasteiger partial charge is 0.254 e. The first-order valence-electron chi connectivity index (χ1n) is 8.92. The Morgan fingerprint density at radius 3 is 2.12 bits per heavy atom. The summed E-state index contributed by atoms with van der Waals surface area (Å²) in [6.45, 7) is 4.41. The van der Waals surface area contributed by atoms with Gasteiger partial charge in [0.2, 0.25) is 0 Å². The molecule has 0 bridgehead atoms. The van der Waals surface area contributed by atoms with Crippen LogP contribution in [0.2, 0.25) is 0 Å². The summed E-state index contributed by atoms with van der Waals surface area (Å²) in [7, 11) is -3.22. The van der Waals surface area contributed by atoms with Crippen molar-refractivity contribution in [3.63, 3.8) is 0 Å². The molecular weight excluding hydrogens is 349 g/mol. The molecule has 1 heterocycles. The second kappa shape index (κ2) is 6.95. The number of hydrogen-bond acceptors (Lipinski definition) is 3. The lowest BCUT2D eigenvalue weighted by atomic mass is 9.78. The van der Waals surface area contributed by atoms with Crippen LogP contribution in [0.1, 0.15) is 50.8 Å². The highest BCUT2D eigenvalue weighted by Crippen LogP contribution is 2.53. The van der Waals surface area contributed by atoms with Gasteiger partial charge in [-0.3, -0.25) is 4.98 Å². The van der Waals surface area contributed by atoms with E-state index in [2.05, 4.69) is 18.8 Å². The first-order chi connectivity index (χ1) is 12.3. The molecule has 0 atom stereocenters. The standard InChI is InChI=1S/C21H24FNO2S/c1-4-21(5-2)12-18(15-6-9-17(10-7-15)26(3,24)25)19(13-21)20-11-8-16(22)14-23-20/h6-11,14H,4-5,12-13H2,1-3H3. The van der Waals surface area contributed by atoms with Crippen LogP contribution in [0.3, 0.4) is 0 Å². The van der Waals surface area contributed by atoms with E-state index in [0.29, 0.717) is 4.90 Å². The highest BCUT2D eigenvalue weighted by Gasteiger charge is 2.37. The summed E-state index contributed by atoms with van der Waals surface area (Å²) in [6.07, 6.45) is 6.40. The van der Waals surface area contributed by atoms with Crippen molar-refractivity contribution in [2.75, 3.05) is 6.26 Å². The van der Waals surface area contributed by atoms with Crippen LogP contribution in [0.4, 0.5) is 4.39 Å². The van der Waals surface area contributed by atoms with Gasteiger partial charge in [-0.15, -0.1) is 0 Å². The van der Waals surface area contributed by atoms with Crippen molar-refractivity contribution in [2.24, 2.45) is 5.41 Å². The van der Waals surface area contributed by atoms with Crippen LogP contribution in [-0.2, 0) is 9.84 Å². The van der Waals surface area contributed by atoms with E-state index in [9.17, 15) is 12.8 Å². The Kier molecular flexibility index (Phi) is 5.02. The molecule has 1 aliphatic rings. The van der Waals surface area contributed by atoms with Gasteiger partial charge in [0.1, 0.15) is 5.82 Å². The number of pyridine rings is 1. The third-order valence-electron chi connectivity index (χ3n) is 5.64. The van der Waals surface area contributed by atoms with Crippen LogP contribution in [0.15, 0.2) is 47.5 Å². The van der Waals surface area contributed by atoms with Gasteiger partial charge in [0.25, 0.3) is 0 Å². The van der Waals surface area contributed by atoms with E-state index < -0.39 is 9.84 Å². The van der Waals surface area contributed by atoms with Gasteiger partial charge in [-0.2, -0.15) is 0 Å². The first kappa shape index (κ1) is 18.8. The summed E-state index contributed by atoms with van der Waals surface area (Å²) in [6, 6.07) is 10.2. The molecule has 0 saturated carbocycles.